The molecule has 0 saturated carbocycles. The van der Waals surface area contributed by atoms with Crippen LogP contribution >= 0.6 is 0 Å². The number of carbonyl (C=O) groups excluding carboxylic acids is 1. The molecule has 0 saturated heterocycles. The van der Waals surface area contributed by atoms with Crippen LogP contribution in [-0.4, -0.2) is 13.1 Å². The summed E-state index contributed by atoms with van der Waals surface area (Å²) in [6.07, 6.45) is 0.314. The van der Waals surface area contributed by atoms with Gasteiger partial charge in [-0.25, -0.2) is 0 Å². The third kappa shape index (κ3) is 4.15. The van der Waals surface area contributed by atoms with Gasteiger partial charge in [-0.15, -0.1) is 0 Å². The Morgan fingerprint density at radius 1 is 1.47 bits per heavy atom. The zero-order chi connectivity index (χ0) is 12.7. The summed E-state index contributed by atoms with van der Waals surface area (Å²) in [5.74, 6) is 0.332. The lowest BCUT2D eigenvalue weighted by molar-refractivity contribution is -0.144. The van der Waals surface area contributed by atoms with Crippen molar-refractivity contribution in [2.45, 2.75) is 26.4 Å². The van der Waals surface area contributed by atoms with Crippen LogP contribution in [0.5, 0.6) is 5.75 Å². The highest BCUT2D eigenvalue weighted by Crippen LogP contribution is 2.20. The van der Waals surface area contributed by atoms with Crippen molar-refractivity contribution >= 4 is 5.97 Å². The summed E-state index contributed by atoms with van der Waals surface area (Å²) in [5.41, 5.74) is 1.91. The number of ether oxygens (including phenoxy) is 2. The van der Waals surface area contributed by atoms with Gasteiger partial charge in [0.2, 0.25) is 0 Å². The summed E-state index contributed by atoms with van der Waals surface area (Å²) in [6, 6.07) is 7.59. The first-order valence-corrected chi connectivity index (χ1v) is 5.33. The van der Waals surface area contributed by atoms with Crippen LogP contribution in [0.3, 0.4) is 0 Å². The predicted molar refractivity (Wildman–Crippen MR) is 62.4 cm³/mol. The van der Waals surface area contributed by atoms with Gasteiger partial charge >= 0.3 is 5.97 Å². The third-order valence-electron chi connectivity index (χ3n) is 2.27. The summed E-state index contributed by atoms with van der Waals surface area (Å²) in [5, 5.41) is 8.34. The maximum atomic E-state index is 11.2. The Morgan fingerprint density at radius 3 is 2.88 bits per heavy atom. The van der Waals surface area contributed by atoms with Crippen molar-refractivity contribution in [3.8, 4) is 11.8 Å². The summed E-state index contributed by atoms with van der Waals surface area (Å²) in [4.78, 5) is 11.2. The molecule has 0 radical (unpaired) electrons. The Balaban J connectivity index is 2.59. The SMILES string of the molecule is COc1ccc(C)cc1COC(=O)CCC#N. The number of aryl methyl sites for hydroxylation is 1. The van der Waals surface area contributed by atoms with E-state index >= 15 is 0 Å². The predicted octanol–water partition coefficient (Wildman–Crippen LogP) is 2.35. The monoisotopic (exact) mass is 233 g/mol. The minimum absolute atomic E-state index is 0.130. The van der Waals surface area contributed by atoms with Crippen LogP contribution in [-0.2, 0) is 16.1 Å². The van der Waals surface area contributed by atoms with Crippen LogP contribution < -0.4 is 4.74 Å². The van der Waals surface area contributed by atoms with E-state index in [1.54, 1.807) is 7.11 Å². The van der Waals surface area contributed by atoms with Crippen LogP contribution in [0, 0.1) is 18.3 Å². The molecule has 0 aromatic heterocycles. The molecule has 17 heavy (non-hydrogen) atoms. The minimum Gasteiger partial charge on any atom is -0.496 e. The van der Waals surface area contributed by atoms with E-state index in [-0.39, 0.29) is 25.4 Å². The molecule has 4 heteroatoms. The zero-order valence-electron chi connectivity index (χ0n) is 10.0. The first kappa shape index (κ1) is 13.0. The van der Waals surface area contributed by atoms with Crippen molar-refractivity contribution in [2.24, 2.45) is 0 Å². The van der Waals surface area contributed by atoms with Gasteiger partial charge in [-0.3, -0.25) is 4.79 Å². The van der Waals surface area contributed by atoms with E-state index in [0.717, 1.165) is 11.1 Å². The van der Waals surface area contributed by atoms with Crippen molar-refractivity contribution in [3.63, 3.8) is 0 Å². The van der Waals surface area contributed by atoms with Crippen molar-refractivity contribution in [3.05, 3.63) is 29.3 Å². The molecule has 1 aromatic carbocycles. The zero-order valence-corrected chi connectivity index (χ0v) is 10.0. The van der Waals surface area contributed by atoms with Gasteiger partial charge in [-0.1, -0.05) is 11.6 Å². The molecule has 0 bridgehead atoms. The van der Waals surface area contributed by atoms with Crippen molar-refractivity contribution in [2.75, 3.05) is 7.11 Å². The molecule has 0 aliphatic rings. The van der Waals surface area contributed by atoms with E-state index in [2.05, 4.69) is 0 Å². The second-order valence-corrected chi connectivity index (χ2v) is 3.63. The Morgan fingerprint density at radius 2 is 2.24 bits per heavy atom. The van der Waals surface area contributed by atoms with E-state index in [4.69, 9.17) is 14.7 Å². The fraction of sp³-hybridized carbons (Fsp3) is 0.385. The maximum absolute atomic E-state index is 11.2. The van der Waals surface area contributed by atoms with Gasteiger partial charge in [-0.2, -0.15) is 5.26 Å². The number of methoxy groups -OCH3 is 1. The average Bonchev–Trinajstić information content (AvgIpc) is 2.34. The van der Waals surface area contributed by atoms with Crippen LogP contribution in [0.25, 0.3) is 0 Å². The number of esters is 1. The number of rotatable bonds is 5. The van der Waals surface area contributed by atoms with Gasteiger partial charge in [-0.05, 0) is 19.1 Å². The topological polar surface area (TPSA) is 59.3 Å². The lowest BCUT2D eigenvalue weighted by atomic mass is 10.1. The molecule has 0 heterocycles. The molecule has 0 aliphatic carbocycles. The second-order valence-electron chi connectivity index (χ2n) is 3.63. The molecule has 0 atom stereocenters. The maximum Gasteiger partial charge on any atom is 0.307 e. The van der Waals surface area contributed by atoms with E-state index in [1.165, 1.54) is 0 Å². The van der Waals surface area contributed by atoms with Gasteiger partial charge < -0.3 is 9.47 Å². The summed E-state index contributed by atoms with van der Waals surface area (Å²) < 4.78 is 10.2. The van der Waals surface area contributed by atoms with E-state index in [0.29, 0.717) is 5.75 Å². The molecule has 1 aromatic rings. The highest BCUT2D eigenvalue weighted by Gasteiger charge is 2.07. The molecule has 4 nitrogen and oxygen atoms in total. The van der Waals surface area contributed by atoms with E-state index in [9.17, 15) is 4.79 Å². The Kier molecular flexibility index (Phi) is 5.02. The van der Waals surface area contributed by atoms with Gasteiger partial charge in [0.25, 0.3) is 0 Å². The van der Waals surface area contributed by atoms with E-state index < -0.39 is 0 Å². The Bertz CT molecular complexity index is 435. The van der Waals surface area contributed by atoms with Crippen LogP contribution in [0.2, 0.25) is 0 Å². The Labute approximate surface area is 101 Å². The number of benzene rings is 1. The summed E-state index contributed by atoms with van der Waals surface area (Å²) >= 11 is 0. The lowest BCUT2D eigenvalue weighted by Gasteiger charge is -2.09. The standard InChI is InChI=1S/C13H15NO3/c1-10-5-6-12(16-2)11(8-10)9-17-13(15)4-3-7-14/h5-6,8H,3-4,9H2,1-2H3. The highest BCUT2D eigenvalue weighted by atomic mass is 16.5. The summed E-state index contributed by atoms with van der Waals surface area (Å²) in [7, 11) is 1.58. The molecule has 0 unspecified atom stereocenters. The van der Waals surface area contributed by atoms with Gasteiger partial charge in [0.1, 0.15) is 12.4 Å². The summed E-state index contributed by atoms with van der Waals surface area (Å²) in [6.45, 7) is 2.13. The van der Waals surface area contributed by atoms with Gasteiger partial charge in [0.15, 0.2) is 0 Å². The normalized spacial score (nSPS) is 9.47. The molecular weight excluding hydrogens is 218 g/mol. The van der Waals surface area contributed by atoms with Crippen molar-refractivity contribution in [1.29, 1.82) is 5.26 Å². The average molecular weight is 233 g/mol. The van der Waals surface area contributed by atoms with Crippen LogP contribution in [0.4, 0.5) is 0 Å². The largest absolute Gasteiger partial charge is 0.496 e. The highest BCUT2D eigenvalue weighted by molar-refractivity contribution is 5.69. The molecule has 90 valence electrons. The third-order valence-corrected chi connectivity index (χ3v) is 2.27. The Hall–Kier alpha value is -2.02. The minimum atomic E-state index is -0.366. The quantitative estimate of drug-likeness (QED) is 0.732. The second kappa shape index (κ2) is 6.54. The molecule has 0 aliphatic heterocycles. The van der Waals surface area contributed by atoms with Crippen LogP contribution in [0.1, 0.15) is 24.0 Å². The molecule has 0 amide bonds. The number of hydrogen-bond donors (Lipinski definition) is 0. The van der Waals surface area contributed by atoms with Crippen LogP contribution in [0.15, 0.2) is 18.2 Å². The molecule has 0 N–H and O–H groups in total. The lowest BCUT2D eigenvalue weighted by Crippen LogP contribution is -2.05. The van der Waals surface area contributed by atoms with Gasteiger partial charge in [0.05, 0.1) is 19.6 Å². The molecule has 0 spiro atoms. The number of nitrogens with zero attached hydrogens (tertiary/aromatic N) is 1. The fourth-order valence-corrected chi connectivity index (χ4v) is 1.41. The van der Waals surface area contributed by atoms with E-state index in [1.807, 2.05) is 31.2 Å². The smallest absolute Gasteiger partial charge is 0.307 e. The first-order valence-electron chi connectivity index (χ1n) is 5.33. The number of hydrogen-bond acceptors (Lipinski definition) is 4. The number of carbonyl (C=O) groups is 1. The molecule has 1 rings (SSSR count). The van der Waals surface area contributed by atoms with Crippen molar-refractivity contribution in [1.82, 2.24) is 0 Å². The van der Waals surface area contributed by atoms with Gasteiger partial charge in [0, 0.05) is 12.0 Å². The van der Waals surface area contributed by atoms with Crippen molar-refractivity contribution < 1.29 is 14.3 Å². The fourth-order valence-electron chi connectivity index (χ4n) is 1.41. The first-order chi connectivity index (χ1) is 8.17. The molecule has 0 fully saturated rings. The molecular formula is C13H15NO3. The number of nitriles is 1.